The van der Waals surface area contributed by atoms with Gasteiger partial charge in [0.05, 0.1) is 18.1 Å². The van der Waals surface area contributed by atoms with E-state index in [1.54, 1.807) is 12.1 Å². The Hall–Kier alpha value is -3.07. The lowest BCUT2D eigenvalue weighted by Gasteiger charge is -2.18. The molecule has 1 N–H and O–H groups in total. The topological polar surface area (TPSA) is 64.6 Å². The lowest BCUT2D eigenvalue weighted by molar-refractivity contribution is -0.0498. The zero-order valence-electron chi connectivity index (χ0n) is 18.4. The predicted octanol–water partition coefficient (Wildman–Crippen LogP) is 5.41. The lowest BCUT2D eigenvalue weighted by atomic mass is 9.97. The molecule has 8 heteroatoms. The maximum absolute atomic E-state index is 13.0. The maximum Gasteiger partial charge on any atom is 0.387 e. The Morgan fingerprint density at radius 2 is 1.62 bits per heavy atom. The first-order chi connectivity index (χ1) is 16.4. The Bertz CT molecular complexity index is 1260. The van der Waals surface area contributed by atoms with Crippen LogP contribution in [0.5, 0.6) is 5.75 Å². The molecule has 5 nitrogen and oxygen atoms in total. The number of allylic oxidation sites excluding steroid dienone is 1. The molecule has 0 aliphatic heterocycles. The number of benzene rings is 3. The van der Waals surface area contributed by atoms with Gasteiger partial charge in [0.25, 0.3) is 0 Å². The van der Waals surface area contributed by atoms with E-state index in [-0.39, 0.29) is 23.6 Å². The van der Waals surface area contributed by atoms with Crippen molar-refractivity contribution in [2.24, 2.45) is 0 Å². The highest BCUT2D eigenvalue weighted by atomic mass is 32.2. The van der Waals surface area contributed by atoms with Crippen molar-refractivity contribution in [2.45, 2.75) is 39.2 Å². The number of hydrogen-bond acceptors (Lipinski definition) is 4. The van der Waals surface area contributed by atoms with Gasteiger partial charge in [-0.1, -0.05) is 60.7 Å². The van der Waals surface area contributed by atoms with Gasteiger partial charge in [-0.25, -0.2) is 13.1 Å². The number of ether oxygens (including phenoxy) is 2. The van der Waals surface area contributed by atoms with E-state index in [9.17, 15) is 17.2 Å². The normalized spacial score (nSPS) is 13.4. The van der Waals surface area contributed by atoms with Crippen molar-refractivity contribution >= 4 is 16.1 Å². The minimum Gasteiger partial charge on any atom is -0.435 e. The summed E-state index contributed by atoms with van der Waals surface area (Å²) in [6, 6.07) is 21.9. The van der Waals surface area contributed by atoms with Crippen LogP contribution in [0.15, 0.2) is 77.7 Å². The molecule has 1 aliphatic carbocycles. The smallest absolute Gasteiger partial charge is 0.387 e. The zero-order chi connectivity index (χ0) is 24.0. The second-order valence-electron chi connectivity index (χ2n) is 7.92. The summed E-state index contributed by atoms with van der Waals surface area (Å²) in [7, 11) is -3.71. The molecule has 3 aromatic carbocycles. The number of sulfonamides is 1. The molecule has 178 valence electrons. The predicted molar refractivity (Wildman–Crippen MR) is 127 cm³/mol. The van der Waals surface area contributed by atoms with Crippen molar-refractivity contribution < 1.29 is 26.7 Å². The minimum absolute atomic E-state index is 0.0673. The number of nitrogens with one attached hydrogen (secondary N) is 1. The fourth-order valence-corrected chi connectivity index (χ4v) is 5.00. The van der Waals surface area contributed by atoms with E-state index in [2.05, 4.69) is 9.46 Å². The third-order valence-electron chi connectivity index (χ3n) is 5.58. The third kappa shape index (κ3) is 6.28. The van der Waals surface area contributed by atoms with Gasteiger partial charge in [0.1, 0.15) is 5.75 Å². The van der Waals surface area contributed by atoms with Gasteiger partial charge in [-0.05, 0) is 58.9 Å². The Balaban J connectivity index is 1.40. The SMILES string of the molecule is O=S(=O)(NCc1ccccc1COCc1ccccc1)C1=Cc2ccc(OC(F)F)cc2CC1. The molecule has 0 fully saturated rings. The van der Waals surface area contributed by atoms with Crippen LogP contribution >= 0.6 is 0 Å². The monoisotopic (exact) mass is 485 g/mol. The molecule has 4 rings (SSSR count). The Morgan fingerprint density at radius 1 is 0.882 bits per heavy atom. The molecule has 0 bridgehead atoms. The molecular formula is C26H25F2NO4S. The van der Waals surface area contributed by atoms with Crippen LogP contribution in [0.25, 0.3) is 6.08 Å². The summed E-state index contributed by atoms with van der Waals surface area (Å²) in [4.78, 5) is 0.264. The van der Waals surface area contributed by atoms with E-state index in [4.69, 9.17) is 4.74 Å². The standard InChI is InChI=1S/C26H25F2NO4S/c27-26(28)33-24-12-10-21-15-25(13-11-20(21)14-24)34(30,31)29-16-22-8-4-5-9-23(22)18-32-17-19-6-2-1-3-7-19/h1-10,12,14-15,26,29H,11,13,16-18H2. The molecule has 0 amide bonds. The van der Waals surface area contributed by atoms with Gasteiger partial charge in [-0.3, -0.25) is 0 Å². The average molecular weight is 486 g/mol. The molecule has 1 aliphatic rings. The number of hydrogen-bond donors (Lipinski definition) is 1. The van der Waals surface area contributed by atoms with Crippen LogP contribution in [-0.4, -0.2) is 15.0 Å². The highest BCUT2D eigenvalue weighted by Gasteiger charge is 2.22. The Labute approximate surface area is 198 Å². The number of rotatable bonds is 10. The number of alkyl halides is 2. The van der Waals surface area contributed by atoms with Gasteiger partial charge < -0.3 is 9.47 Å². The summed E-state index contributed by atoms with van der Waals surface area (Å²) in [5, 5.41) is 0. The maximum atomic E-state index is 13.0. The molecule has 0 unspecified atom stereocenters. The van der Waals surface area contributed by atoms with E-state index in [0.29, 0.717) is 25.2 Å². The second kappa shape index (κ2) is 10.9. The fourth-order valence-electron chi connectivity index (χ4n) is 3.82. The van der Waals surface area contributed by atoms with Crippen LogP contribution < -0.4 is 9.46 Å². The molecule has 0 aromatic heterocycles. The van der Waals surface area contributed by atoms with Crippen molar-refractivity contribution in [1.29, 1.82) is 0 Å². The number of fused-ring (bicyclic) bond motifs is 1. The van der Waals surface area contributed by atoms with Gasteiger partial charge in [0.15, 0.2) is 0 Å². The van der Waals surface area contributed by atoms with E-state index in [0.717, 1.165) is 22.3 Å². The van der Waals surface area contributed by atoms with E-state index in [1.807, 2.05) is 54.6 Å². The molecular weight excluding hydrogens is 460 g/mol. The molecule has 34 heavy (non-hydrogen) atoms. The van der Waals surface area contributed by atoms with Crippen molar-refractivity contribution in [3.05, 3.63) is 106 Å². The number of aryl methyl sites for hydroxylation is 1. The van der Waals surface area contributed by atoms with Crippen LogP contribution in [0, 0.1) is 0 Å². The molecule has 0 radical (unpaired) electrons. The first kappa shape index (κ1) is 24.1. The molecule has 0 heterocycles. The quantitative estimate of drug-likeness (QED) is 0.417. The lowest BCUT2D eigenvalue weighted by Crippen LogP contribution is -2.26. The largest absolute Gasteiger partial charge is 0.435 e. The molecule has 0 atom stereocenters. The van der Waals surface area contributed by atoms with Crippen molar-refractivity contribution in [3.63, 3.8) is 0 Å². The van der Waals surface area contributed by atoms with Crippen molar-refractivity contribution in [3.8, 4) is 5.75 Å². The van der Waals surface area contributed by atoms with Gasteiger partial charge in [-0.2, -0.15) is 8.78 Å². The van der Waals surface area contributed by atoms with Gasteiger partial charge >= 0.3 is 6.61 Å². The number of halogens is 2. The van der Waals surface area contributed by atoms with Crippen molar-refractivity contribution in [1.82, 2.24) is 4.72 Å². The Kier molecular flexibility index (Phi) is 7.72. The van der Waals surface area contributed by atoms with E-state index < -0.39 is 16.6 Å². The summed E-state index contributed by atoms with van der Waals surface area (Å²) in [5.41, 5.74) is 4.28. The highest BCUT2D eigenvalue weighted by Crippen LogP contribution is 2.30. The van der Waals surface area contributed by atoms with E-state index in [1.165, 1.54) is 12.1 Å². The van der Waals surface area contributed by atoms with Crippen molar-refractivity contribution in [2.75, 3.05) is 0 Å². The molecule has 0 saturated heterocycles. The molecule has 0 spiro atoms. The molecule has 3 aromatic rings. The average Bonchev–Trinajstić information content (AvgIpc) is 2.83. The third-order valence-corrected chi connectivity index (χ3v) is 7.12. The summed E-state index contributed by atoms with van der Waals surface area (Å²) in [6.45, 7) is -1.93. The van der Waals surface area contributed by atoms with Crippen LogP contribution in [0.4, 0.5) is 8.78 Å². The van der Waals surface area contributed by atoms with Gasteiger partial charge in [-0.15, -0.1) is 0 Å². The summed E-state index contributed by atoms with van der Waals surface area (Å²) in [6.07, 6.45) is 2.29. The summed E-state index contributed by atoms with van der Waals surface area (Å²) >= 11 is 0. The first-order valence-electron chi connectivity index (χ1n) is 10.9. The van der Waals surface area contributed by atoms with Crippen LogP contribution in [0.2, 0.25) is 0 Å². The van der Waals surface area contributed by atoms with E-state index >= 15 is 0 Å². The fraction of sp³-hybridized carbons (Fsp3) is 0.231. The summed E-state index contributed by atoms with van der Waals surface area (Å²) < 4.78 is 63.7. The first-order valence-corrected chi connectivity index (χ1v) is 12.4. The minimum atomic E-state index is -3.71. The Morgan fingerprint density at radius 3 is 2.38 bits per heavy atom. The summed E-state index contributed by atoms with van der Waals surface area (Å²) in [5.74, 6) is 0.0673. The molecule has 0 saturated carbocycles. The highest BCUT2D eigenvalue weighted by molar-refractivity contribution is 7.93. The second-order valence-corrected chi connectivity index (χ2v) is 9.74. The van der Waals surface area contributed by atoms with Crippen LogP contribution in [0.3, 0.4) is 0 Å². The van der Waals surface area contributed by atoms with Gasteiger partial charge in [0.2, 0.25) is 10.0 Å². The zero-order valence-corrected chi connectivity index (χ0v) is 19.2. The van der Waals surface area contributed by atoms with Crippen LogP contribution in [0.1, 0.15) is 34.2 Å². The van der Waals surface area contributed by atoms with Gasteiger partial charge in [0, 0.05) is 6.54 Å². The van der Waals surface area contributed by atoms with Crippen LogP contribution in [-0.2, 0) is 40.9 Å².